The summed E-state index contributed by atoms with van der Waals surface area (Å²) in [7, 11) is 0. The van der Waals surface area contributed by atoms with Gasteiger partial charge in [0, 0.05) is 31.0 Å². The fourth-order valence-corrected chi connectivity index (χ4v) is 3.35. The number of nitrogens with zero attached hydrogens (tertiary/aromatic N) is 3. The van der Waals surface area contributed by atoms with Gasteiger partial charge in [0.1, 0.15) is 5.76 Å². The van der Waals surface area contributed by atoms with Crippen LogP contribution in [-0.4, -0.2) is 28.0 Å². The van der Waals surface area contributed by atoms with E-state index in [1.54, 1.807) is 13.1 Å². The largest absolute Gasteiger partial charge is 0.457 e. The average molecular weight is 335 g/mol. The molecular weight excluding hydrogens is 318 g/mol. The number of aromatic nitrogens is 1. The molecule has 0 atom stereocenters. The van der Waals surface area contributed by atoms with Crippen molar-refractivity contribution in [3.63, 3.8) is 0 Å². The Balaban J connectivity index is 1.48. The van der Waals surface area contributed by atoms with Crippen LogP contribution in [0.15, 0.2) is 39.0 Å². The first-order chi connectivity index (χ1) is 12.1. The Bertz CT molecular complexity index is 923. The Labute approximate surface area is 144 Å². The third-order valence-electron chi connectivity index (χ3n) is 4.57. The van der Waals surface area contributed by atoms with Gasteiger partial charge in [-0.05, 0) is 25.5 Å². The van der Waals surface area contributed by atoms with Gasteiger partial charge >= 0.3 is 0 Å². The fraction of sp³-hybridized carbons (Fsp3) is 0.316. The molecule has 0 saturated heterocycles. The molecular formula is C19H17N3O3. The molecule has 25 heavy (non-hydrogen) atoms. The summed E-state index contributed by atoms with van der Waals surface area (Å²) in [6, 6.07) is 5.60. The standard InChI is InChI=1S/C19H17N3O3/c1-11-18-15(23)6-4-7-17(18)25-19(11)16(24)10-12-9-14(22-21-12)13-5-2-3-8-20-13/h2-3,5,8H,4,6-7,9-10H2,1H3. The van der Waals surface area contributed by atoms with Crippen LogP contribution in [0.1, 0.15) is 63.6 Å². The maximum atomic E-state index is 12.6. The molecule has 6 heteroatoms. The van der Waals surface area contributed by atoms with Crippen molar-refractivity contribution in [3.8, 4) is 0 Å². The number of Topliss-reactive ketones (excluding diaryl/α,β-unsaturated/α-hetero) is 2. The van der Waals surface area contributed by atoms with Gasteiger partial charge in [0.25, 0.3) is 0 Å². The summed E-state index contributed by atoms with van der Waals surface area (Å²) in [5.74, 6) is 0.849. The van der Waals surface area contributed by atoms with E-state index >= 15 is 0 Å². The second-order valence-corrected chi connectivity index (χ2v) is 6.34. The summed E-state index contributed by atoms with van der Waals surface area (Å²) < 4.78 is 5.72. The van der Waals surface area contributed by atoms with Crippen LogP contribution >= 0.6 is 0 Å². The van der Waals surface area contributed by atoms with Crippen molar-refractivity contribution in [1.82, 2.24) is 4.98 Å². The topological polar surface area (TPSA) is 84.9 Å². The van der Waals surface area contributed by atoms with Gasteiger partial charge in [-0.3, -0.25) is 14.6 Å². The van der Waals surface area contributed by atoms with Gasteiger partial charge in [-0.15, -0.1) is 0 Å². The maximum absolute atomic E-state index is 12.6. The lowest BCUT2D eigenvalue weighted by Crippen LogP contribution is -2.12. The van der Waals surface area contributed by atoms with Crippen molar-refractivity contribution in [2.24, 2.45) is 10.2 Å². The highest BCUT2D eigenvalue weighted by molar-refractivity contribution is 6.20. The minimum Gasteiger partial charge on any atom is -0.457 e. The third kappa shape index (κ3) is 2.84. The van der Waals surface area contributed by atoms with Gasteiger partial charge in [-0.2, -0.15) is 10.2 Å². The predicted octanol–water partition coefficient (Wildman–Crippen LogP) is 3.32. The molecule has 0 amide bonds. The van der Waals surface area contributed by atoms with Crippen LogP contribution in [-0.2, 0) is 6.42 Å². The molecule has 0 bridgehead atoms. The van der Waals surface area contributed by atoms with E-state index in [1.807, 2.05) is 18.2 Å². The van der Waals surface area contributed by atoms with E-state index in [4.69, 9.17) is 4.42 Å². The highest BCUT2D eigenvalue weighted by atomic mass is 16.3. The quantitative estimate of drug-likeness (QED) is 0.802. The second kappa shape index (κ2) is 6.20. The summed E-state index contributed by atoms with van der Waals surface area (Å²) in [5.41, 5.74) is 3.48. The number of pyridine rings is 1. The van der Waals surface area contributed by atoms with E-state index in [0.29, 0.717) is 41.9 Å². The highest BCUT2D eigenvalue weighted by Gasteiger charge is 2.29. The van der Waals surface area contributed by atoms with E-state index in [-0.39, 0.29) is 23.7 Å². The van der Waals surface area contributed by atoms with E-state index in [1.165, 1.54) is 0 Å². The lowest BCUT2D eigenvalue weighted by Gasteiger charge is -2.07. The van der Waals surface area contributed by atoms with E-state index in [0.717, 1.165) is 17.8 Å². The zero-order valence-electron chi connectivity index (χ0n) is 13.9. The Hall–Kier alpha value is -2.89. The van der Waals surface area contributed by atoms with Crippen LogP contribution < -0.4 is 0 Å². The number of aryl methyl sites for hydroxylation is 1. The normalized spacial score (nSPS) is 16.4. The third-order valence-corrected chi connectivity index (χ3v) is 4.57. The molecule has 2 aliphatic rings. The zero-order valence-corrected chi connectivity index (χ0v) is 13.9. The van der Waals surface area contributed by atoms with Gasteiger partial charge in [0.2, 0.25) is 5.78 Å². The first-order valence-corrected chi connectivity index (χ1v) is 8.36. The molecule has 0 N–H and O–H groups in total. The Morgan fingerprint density at radius 1 is 1.24 bits per heavy atom. The first kappa shape index (κ1) is 15.6. The zero-order chi connectivity index (χ0) is 17.4. The molecule has 0 spiro atoms. The number of hydrogen-bond acceptors (Lipinski definition) is 6. The maximum Gasteiger partial charge on any atom is 0.203 e. The number of hydrogen-bond donors (Lipinski definition) is 0. The van der Waals surface area contributed by atoms with Crippen LogP contribution in [0.25, 0.3) is 0 Å². The molecule has 2 aromatic rings. The van der Waals surface area contributed by atoms with Gasteiger partial charge in [-0.25, -0.2) is 0 Å². The summed E-state index contributed by atoms with van der Waals surface area (Å²) in [6.45, 7) is 1.78. The molecule has 0 aromatic carbocycles. The number of rotatable bonds is 4. The van der Waals surface area contributed by atoms with E-state index < -0.39 is 0 Å². The number of ketones is 2. The van der Waals surface area contributed by atoms with Crippen LogP contribution in [0.5, 0.6) is 0 Å². The molecule has 0 unspecified atom stereocenters. The van der Waals surface area contributed by atoms with Gasteiger partial charge < -0.3 is 4.42 Å². The molecule has 6 nitrogen and oxygen atoms in total. The van der Waals surface area contributed by atoms with Crippen LogP contribution in [0.4, 0.5) is 0 Å². The van der Waals surface area contributed by atoms with E-state index in [9.17, 15) is 9.59 Å². The predicted molar refractivity (Wildman–Crippen MR) is 92.5 cm³/mol. The van der Waals surface area contributed by atoms with Crippen LogP contribution in [0, 0.1) is 6.92 Å². The number of carbonyl (C=O) groups is 2. The molecule has 4 rings (SSSR count). The van der Waals surface area contributed by atoms with Crippen molar-refractivity contribution >= 4 is 23.0 Å². The van der Waals surface area contributed by atoms with Gasteiger partial charge in [0.15, 0.2) is 11.5 Å². The smallest absolute Gasteiger partial charge is 0.203 e. The highest BCUT2D eigenvalue weighted by Crippen LogP contribution is 2.30. The van der Waals surface area contributed by atoms with Crippen LogP contribution in [0.2, 0.25) is 0 Å². The van der Waals surface area contributed by atoms with Crippen molar-refractivity contribution in [1.29, 1.82) is 0 Å². The number of furan rings is 1. The van der Waals surface area contributed by atoms with Gasteiger partial charge in [0.05, 0.1) is 29.1 Å². The molecule has 0 saturated carbocycles. The monoisotopic (exact) mass is 335 g/mol. The SMILES string of the molecule is Cc1c(C(=O)CC2=NN=C(c3ccccn3)C2)oc2c1C(=O)CCC2. The Morgan fingerprint density at radius 3 is 2.88 bits per heavy atom. The van der Waals surface area contributed by atoms with Crippen molar-refractivity contribution in [2.45, 2.75) is 39.0 Å². The molecule has 126 valence electrons. The lowest BCUT2D eigenvalue weighted by molar-refractivity contribution is 0.0956. The number of carbonyl (C=O) groups excluding carboxylic acids is 2. The Kier molecular flexibility index (Phi) is 3.87. The molecule has 1 aliphatic carbocycles. The van der Waals surface area contributed by atoms with Crippen molar-refractivity contribution in [2.75, 3.05) is 0 Å². The summed E-state index contributed by atoms with van der Waals surface area (Å²) in [5, 5.41) is 8.26. The molecule has 0 fully saturated rings. The molecule has 0 radical (unpaired) electrons. The molecule has 2 aromatic heterocycles. The van der Waals surface area contributed by atoms with E-state index in [2.05, 4.69) is 15.2 Å². The summed E-state index contributed by atoms with van der Waals surface area (Å²) in [4.78, 5) is 29.0. The minimum atomic E-state index is -0.157. The molecule has 3 heterocycles. The number of fused-ring (bicyclic) bond motifs is 1. The Morgan fingerprint density at radius 2 is 2.12 bits per heavy atom. The lowest BCUT2D eigenvalue weighted by atomic mass is 9.93. The second-order valence-electron chi connectivity index (χ2n) is 6.34. The first-order valence-electron chi connectivity index (χ1n) is 8.36. The van der Waals surface area contributed by atoms with Crippen LogP contribution in [0.3, 0.4) is 0 Å². The van der Waals surface area contributed by atoms with Gasteiger partial charge in [-0.1, -0.05) is 6.07 Å². The fourth-order valence-electron chi connectivity index (χ4n) is 3.35. The summed E-state index contributed by atoms with van der Waals surface area (Å²) in [6.07, 6.45) is 4.36. The molecule has 1 aliphatic heterocycles. The average Bonchev–Trinajstić information content (AvgIpc) is 3.21. The van der Waals surface area contributed by atoms with Crippen molar-refractivity contribution in [3.05, 3.63) is 52.7 Å². The van der Waals surface area contributed by atoms with Crippen molar-refractivity contribution < 1.29 is 14.0 Å². The summed E-state index contributed by atoms with van der Waals surface area (Å²) >= 11 is 0. The minimum absolute atomic E-state index is 0.0699.